The first kappa shape index (κ1) is 18.9. The molecule has 7 heteroatoms. The number of nitrogens with two attached hydrogens (primary N) is 1. The van der Waals surface area contributed by atoms with Crippen molar-refractivity contribution in [3.05, 3.63) is 71.8 Å². The van der Waals surface area contributed by atoms with Gasteiger partial charge >= 0.3 is 0 Å². The molecule has 0 amide bonds. The van der Waals surface area contributed by atoms with Crippen LogP contribution in [0.3, 0.4) is 0 Å². The molecular formula is C18H21IN6. The first-order chi connectivity index (χ1) is 11.6. The van der Waals surface area contributed by atoms with Gasteiger partial charge in [-0.15, -0.1) is 34.2 Å². The Morgan fingerprint density at radius 3 is 2.60 bits per heavy atom. The van der Waals surface area contributed by atoms with Gasteiger partial charge in [-0.3, -0.25) is 4.57 Å². The first-order valence-corrected chi connectivity index (χ1v) is 7.72. The molecule has 3 aromatic rings. The van der Waals surface area contributed by atoms with Crippen LogP contribution in [0, 0.1) is 13.8 Å². The third kappa shape index (κ3) is 4.79. The molecular weight excluding hydrogens is 427 g/mol. The van der Waals surface area contributed by atoms with E-state index in [-0.39, 0.29) is 24.0 Å². The minimum atomic E-state index is 0. The van der Waals surface area contributed by atoms with Gasteiger partial charge in [-0.25, -0.2) is 4.99 Å². The van der Waals surface area contributed by atoms with E-state index in [1.54, 1.807) is 6.33 Å². The van der Waals surface area contributed by atoms with Crippen molar-refractivity contribution in [1.29, 1.82) is 0 Å². The van der Waals surface area contributed by atoms with Crippen molar-refractivity contribution in [3.63, 3.8) is 0 Å². The van der Waals surface area contributed by atoms with Gasteiger partial charge in [-0.05, 0) is 49.2 Å². The molecule has 3 rings (SSSR count). The fourth-order valence-corrected chi connectivity index (χ4v) is 2.33. The molecule has 0 fully saturated rings. The van der Waals surface area contributed by atoms with Gasteiger partial charge in [0, 0.05) is 11.4 Å². The highest BCUT2D eigenvalue weighted by molar-refractivity contribution is 14.0. The van der Waals surface area contributed by atoms with Gasteiger partial charge in [0.2, 0.25) is 0 Å². The van der Waals surface area contributed by atoms with E-state index in [2.05, 4.69) is 40.4 Å². The number of para-hydroxylation sites is 1. The fourth-order valence-electron chi connectivity index (χ4n) is 2.33. The quantitative estimate of drug-likeness (QED) is 0.364. The summed E-state index contributed by atoms with van der Waals surface area (Å²) in [5, 5.41) is 11.2. The maximum absolute atomic E-state index is 5.98. The average Bonchev–Trinajstić information content (AvgIpc) is 3.06. The SMILES string of the molecule is Cc1ccc(NC(N)=NCc2nncn2-c2ccccc2)cc1C.I. The summed E-state index contributed by atoms with van der Waals surface area (Å²) < 4.78 is 1.90. The molecule has 0 spiro atoms. The zero-order valence-electron chi connectivity index (χ0n) is 14.2. The van der Waals surface area contributed by atoms with Crippen LogP contribution in [-0.4, -0.2) is 20.7 Å². The first-order valence-electron chi connectivity index (χ1n) is 7.72. The molecule has 25 heavy (non-hydrogen) atoms. The Bertz CT molecular complexity index is 857. The molecule has 0 aliphatic rings. The van der Waals surface area contributed by atoms with Crippen LogP contribution in [0.15, 0.2) is 59.9 Å². The molecule has 1 aromatic heterocycles. The standard InChI is InChI=1S/C18H20N6.HI/c1-13-8-9-15(10-14(13)2)22-18(19)20-11-17-23-21-12-24(17)16-6-4-3-5-7-16;/h3-10,12H,11H2,1-2H3,(H3,19,20,22);1H. The topological polar surface area (TPSA) is 81.1 Å². The average molecular weight is 448 g/mol. The van der Waals surface area contributed by atoms with Crippen molar-refractivity contribution in [2.75, 3.05) is 5.32 Å². The Kier molecular flexibility index (Phi) is 6.51. The number of hydrogen-bond donors (Lipinski definition) is 2. The molecule has 0 saturated heterocycles. The van der Waals surface area contributed by atoms with E-state index >= 15 is 0 Å². The Balaban J connectivity index is 0.00000225. The predicted molar refractivity (Wildman–Crippen MR) is 112 cm³/mol. The third-order valence-corrected chi connectivity index (χ3v) is 3.82. The zero-order chi connectivity index (χ0) is 16.9. The van der Waals surface area contributed by atoms with Crippen LogP contribution in [0.5, 0.6) is 0 Å². The zero-order valence-corrected chi connectivity index (χ0v) is 16.5. The monoisotopic (exact) mass is 448 g/mol. The number of anilines is 1. The number of aliphatic imine (C=N–C) groups is 1. The number of benzene rings is 2. The maximum Gasteiger partial charge on any atom is 0.193 e. The lowest BCUT2D eigenvalue weighted by Gasteiger charge is -2.08. The molecule has 130 valence electrons. The summed E-state index contributed by atoms with van der Waals surface area (Å²) in [5.41, 5.74) is 10.3. The van der Waals surface area contributed by atoms with Crippen LogP contribution in [-0.2, 0) is 6.54 Å². The van der Waals surface area contributed by atoms with Gasteiger partial charge in [0.05, 0.1) is 0 Å². The second kappa shape index (κ2) is 8.61. The van der Waals surface area contributed by atoms with Crippen LogP contribution in [0.4, 0.5) is 5.69 Å². The predicted octanol–water partition coefficient (Wildman–Crippen LogP) is 3.43. The van der Waals surface area contributed by atoms with Gasteiger partial charge in [-0.2, -0.15) is 0 Å². The highest BCUT2D eigenvalue weighted by atomic mass is 127. The molecule has 3 N–H and O–H groups in total. The number of aromatic nitrogens is 3. The van der Waals surface area contributed by atoms with Crippen LogP contribution >= 0.6 is 24.0 Å². The lowest BCUT2D eigenvalue weighted by molar-refractivity contribution is 0.859. The second-order valence-electron chi connectivity index (χ2n) is 5.58. The number of aryl methyl sites for hydroxylation is 2. The summed E-state index contributed by atoms with van der Waals surface area (Å²) in [5.74, 6) is 1.08. The van der Waals surface area contributed by atoms with Crippen LogP contribution < -0.4 is 11.1 Å². The van der Waals surface area contributed by atoms with E-state index in [0.29, 0.717) is 12.5 Å². The van der Waals surface area contributed by atoms with E-state index in [4.69, 9.17) is 5.73 Å². The van der Waals surface area contributed by atoms with Crippen molar-refractivity contribution in [3.8, 4) is 5.69 Å². The molecule has 1 heterocycles. The molecule has 0 unspecified atom stereocenters. The molecule has 0 saturated carbocycles. The molecule has 0 aliphatic carbocycles. The van der Waals surface area contributed by atoms with Gasteiger partial charge in [0.25, 0.3) is 0 Å². The highest BCUT2D eigenvalue weighted by Gasteiger charge is 2.05. The van der Waals surface area contributed by atoms with E-state index in [9.17, 15) is 0 Å². The van der Waals surface area contributed by atoms with Crippen molar-refractivity contribution in [2.24, 2.45) is 10.7 Å². The fraction of sp³-hybridized carbons (Fsp3) is 0.167. The normalized spacial score (nSPS) is 11.0. The molecule has 0 aliphatic heterocycles. The van der Waals surface area contributed by atoms with E-state index in [1.165, 1.54) is 11.1 Å². The summed E-state index contributed by atoms with van der Waals surface area (Å²) in [6.07, 6.45) is 1.67. The Hall–Kier alpha value is -2.42. The molecule has 6 nitrogen and oxygen atoms in total. The van der Waals surface area contributed by atoms with Gasteiger partial charge in [0.15, 0.2) is 11.8 Å². The van der Waals surface area contributed by atoms with Crippen molar-refractivity contribution < 1.29 is 0 Å². The second-order valence-corrected chi connectivity index (χ2v) is 5.58. The number of hydrogen-bond acceptors (Lipinski definition) is 3. The Labute approximate surface area is 164 Å². The smallest absolute Gasteiger partial charge is 0.193 e. The highest BCUT2D eigenvalue weighted by Crippen LogP contribution is 2.14. The van der Waals surface area contributed by atoms with Crippen LogP contribution in [0.1, 0.15) is 17.0 Å². The minimum absolute atomic E-state index is 0. The molecule has 0 bridgehead atoms. The van der Waals surface area contributed by atoms with Crippen molar-refractivity contribution in [1.82, 2.24) is 14.8 Å². The number of nitrogens with zero attached hydrogens (tertiary/aromatic N) is 4. The number of halogens is 1. The number of rotatable bonds is 4. The van der Waals surface area contributed by atoms with Gasteiger partial charge in [0.1, 0.15) is 12.9 Å². The van der Waals surface area contributed by atoms with E-state index < -0.39 is 0 Å². The van der Waals surface area contributed by atoms with Crippen LogP contribution in [0.25, 0.3) is 5.69 Å². The van der Waals surface area contributed by atoms with Crippen molar-refractivity contribution in [2.45, 2.75) is 20.4 Å². The molecule has 0 atom stereocenters. The van der Waals surface area contributed by atoms with E-state index in [1.807, 2.05) is 47.0 Å². The lowest BCUT2D eigenvalue weighted by atomic mass is 10.1. The Morgan fingerprint density at radius 2 is 1.88 bits per heavy atom. The lowest BCUT2D eigenvalue weighted by Crippen LogP contribution is -2.23. The molecule has 2 aromatic carbocycles. The third-order valence-electron chi connectivity index (χ3n) is 3.82. The van der Waals surface area contributed by atoms with E-state index in [0.717, 1.165) is 17.2 Å². The summed E-state index contributed by atoms with van der Waals surface area (Å²) in [7, 11) is 0. The van der Waals surface area contributed by atoms with Crippen molar-refractivity contribution >= 4 is 35.6 Å². The Morgan fingerprint density at radius 1 is 1.12 bits per heavy atom. The number of guanidine groups is 1. The summed E-state index contributed by atoms with van der Waals surface area (Å²) in [6.45, 7) is 4.49. The summed E-state index contributed by atoms with van der Waals surface area (Å²) in [6, 6.07) is 16.0. The number of nitrogens with one attached hydrogen (secondary N) is 1. The summed E-state index contributed by atoms with van der Waals surface area (Å²) >= 11 is 0. The minimum Gasteiger partial charge on any atom is -0.370 e. The van der Waals surface area contributed by atoms with Gasteiger partial charge in [-0.1, -0.05) is 24.3 Å². The summed E-state index contributed by atoms with van der Waals surface area (Å²) in [4.78, 5) is 4.36. The molecule has 0 radical (unpaired) electrons. The maximum atomic E-state index is 5.98. The van der Waals surface area contributed by atoms with Crippen LogP contribution in [0.2, 0.25) is 0 Å². The largest absolute Gasteiger partial charge is 0.370 e. The van der Waals surface area contributed by atoms with Gasteiger partial charge < -0.3 is 11.1 Å².